The summed E-state index contributed by atoms with van der Waals surface area (Å²) >= 11 is 0. The molecule has 0 fully saturated rings. The summed E-state index contributed by atoms with van der Waals surface area (Å²) < 4.78 is 12.5. The number of benzene rings is 1. The van der Waals surface area contributed by atoms with E-state index in [1.54, 1.807) is 0 Å². The fraction of sp³-hybridized carbons (Fsp3) is 0. The molecule has 5 heteroatoms. The highest BCUT2D eigenvalue weighted by molar-refractivity contribution is 5.54. The largest absolute Gasteiger partial charge is 0.508 e. The first-order valence-corrected chi connectivity index (χ1v) is 2.70. The van der Waals surface area contributed by atoms with Crippen LogP contribution in [0.15, 0.2) is 17.3 Å². The lowest BCUT2D eigenvalue weighted by molar-refractivity contribution is 0.443. The molecule has 0 radical (unpaired) electrons. The van der Waals surface area contributed by atoms with E-state index in [0.717, 1.165) is 6.07 Å². The Morgan fingerprint density at radius 1 is 1.36 bits per heavy atom. The molecule has 0 saturated heterocycles. The zero-order valence-corrected chi connectivity index (χ0v) is 5.28. The Hall–Kier alpha value is -1.65. The van der Waals surface area contributed by atoms with Gasteiger partial charge in [0.05, 0.1) is 0 Å². The molecular weight excluding hydrogens is 153 g/mol. The second-order valence-electron chi connectivity index (χ2n) is 1.89. The molecular formula is C6H4FNO3. The maximum Gasteiger partial charge on any atom is 0.185 e. The molecule has 0 unspecified atom stereocenters. The molecule has 0 saturated carbocycles. The van der Waals surface area contributed by atoms with Gasteiger partial charge in [0.2, 0.25) is 0 Å². The summed E-state index contributed by atoms with van der Waals surface area (Å²) in [5.41, 5.74) is -0.692. The van der Waals surface area contributed by atoms with Crippen molar-refractivity contribution >= 4 is 5.69 Å². The number of aromatic hydroxyl groups is 2. The first-order valence-electron chi connectivity index (χ1n) is 2.70. The van der Waals surface area contributed by atoms with E-state index in [4.69, 9.17) is 10.2 Å². The summed E-state index contributed by atoms with van der Waals surface area (Å²) in [7, 11) is 0. The summed E-state index contributed by atoms with van der Waals surface area (Å²) in [5.74, 6) is -2.16. The average molecular weight is 157 g/mol. The van der Waals surface area contributed by atoms with Gasteiger partial charge in [0.1, 0.15) is 5.75 Å². The SMILES string of the molecule is O=Nc1c(O)cc(O)cc1F. The van der Waals surface area contributed by atoms with Gasteiger partial charge in [-0.1, -0.05) is 0 Å². The van der Waals surface area contributed by atoms with Crippen molar-refractivity contribution in [3.05, 3.63) is 22.9 Å². The molecule has 0 amide bonds. The predicted molar refractivity (Wildman–Crippen MR) is 35.2 cm³/mol. The van der Waals surface area contributed by atoms with E-state index in [9.17, 15) is 9.30 Å². The van der Waals surface area contributed by atoms with Crippen molar-refractivity contribution in [2.45, 2.75) is 0 Å². The molecule has 0 aliphatic carbocycles. The van der Waals surface area contributed by atoms with Crippen LogP contribution in [0.5, 0.6) is 11.5 Å². The number of phenols is 2. The molecule has 11 heavy (non-hydrogen) atoms. The van der Waals surface area contributed by atoms with Crippen LogP contribution in [0.2, 0.25) is 0 Å². The highest BCUT2D eigenvalue weighted by Crippen LogP contribution is 2.32. The Labute approximate surface area is 60.9 Å². The lowest BCUT2D eigenvalue weighted by Gasteiger charge is -1.97. The Balaban J connectivity index is 3.36. The predicted octanol–water partition coefficient (Wildman–Crippen LogP) is 1.63. The Bertz CT molecular complexity index is 277. The van der Waals surface area contributed by atoms with Crippen molar-refractivity contribution in [1.29, 1.82) is 0 Å². The number of phenolic OH excluding ortho intramolecular Hbond substituents is 2. The van der Waals surface area contributed by atoms with Crippen molar-refractivity contribution in [1.82, 2.24) is 0 Å². The third-order valence-corrected chi connectivity index (χ3v) is 1.12. The lowest BCUT2D eigenvalue weighted by atomic mass is 10.2. The van der Waals surface area contributed by atoms with Crippen LogP contribution in [0.25, 0.3) is 0 Å². The van der Waals surface area contributed by atoms with Gasteiger partial charge in [-0.05, 0) is 5.18 Å². The highest BCUT2D eigenvalue weighted by Gasteiger charge is 2.09. The smallest absolute Gasteiger partial charge is 0.185 e. The van der Waals surface area contributed by atoms with E-state index in [1.807, 2.05) is 0 Å². The molecule has 0 atom stereocenters. The summed E-state index contributed by atoms with van der Waals surface area (Å²) in [4.78, 5) is 9.83. The zero-order valence-electron chi connectivity index (χ0n) is 5.28. The summed E-state index contributed by atoms with van der Waals surface area (Å²) in [6.45, 7) is 0. The molecule has 0 heterocycles. The first kappa shape index (κ1) is 7.46. The van der Waals surface area contributed by atoms with Gasteiger partial charge in [0.15, 0.2) is 17.3 Å². The van der Waals surface area contributed by atoms with Crippen LogP contribution in [0.3, 0.4) is 0 Å². The van der Waals surface area contributed by atoms with E-state index in [-0.39, 0.29) is 0 Å². The van der Waals surface area contributed by atoms with Crippen LogP contribution in [0.1, 0.15) is 0 Å². The average Bonchev–Trinajstić information content (AvgIpc) is 1.85. The Morgan fingerprint density at radius 3 is 2.45 bits per heavy atom. The molecule has 1 aromatic rings. The number of rotatable bonds is 1. The molecule has 0 aliphatic rings. The number of hydrogen-bond acceptors (Lipinski definition) is 4. The Kier molecular flexibility index (Phi) is 1.72. The molecule has 58 valence electrons. The van der Waals surface area contributed by atoms with Crippen LogP contribution in [0.4, 0.5) is 10.1 Å². The first-order chi connectivity index (χ1) is 5.15. The maximum atomic E-state index is 12.5. The maximum absolute atomic E-state index is 12.5. The van der Waals surface area contributed by atoms with Gasteiger partial charge in [-0.15, -0.1) is 4.91 Å². The molecule has 0 spiro atoms. The number of halogens is 1. The van der Waals surface area contributed by atoms with E-state index in [1.165, 1.54) is 0 Å². The van der Waals surface area contributed by atoms with Crippen LogP contribution >= 0.6 is 0 Å². The highest BCUT2D eigenvalue weighted by atomic mass is 19.1. The Morgan fingerprint density at radius 2 is 2.00 bits per heavy atom. The van der Waals surface area contributed by atoms with Gasteiger partial charge >= 0.3 is 0 Å². The third-order valence-electron chi connectivity index (χ3n) is 1.12. The fourth-order valence-electron chi connectivity index (χ4n) is 0.661. The van der Waals surface area contributed by atoms with Crippen LogP contribution in [-0.4, -0.2) is 10.2 Å². The van der Waals surface area contributed by atoms with Crippen LogP contribution in [-0.2, 0) is 0 Å². The van der Waals surface area contributed by atoms with E-state index in [2.05, 4.69) is 5.18 Å². The van der Waals surface area contributed by atoms with E-state index in [0.29, 0.717) is 6.07 Å². The summed E-state index contributed by atoms with van der Waals surface area (Å²) in [6, 6.07) is 1.52. The molecule has 1 aromatic carbocycles. The molecule has 0 aromatic heterocycles. The molecule has 2 N–H and O–H groups in total. The van der Waals surface area contributed by atoms with Crippen molar-refractivity contribution in [2.24, 2.45) is 5.18 Å². The molecule has 0 bridgehead atoms. The van der Waals surface area contributed by atoms with Crippen molar-refractivity contribution < 1.29 is 14.6 Å². The number of hydrogen-bond donors (Lipinski definition) is 2. The fourth-order valence-corrected chi connectivity index (χ4v) is 0.661. The van der Waals surface area contributed by atoms with E-state index < -0.39 is 23.0 Å². The van der Waals surface area contributed by atoms with Gasteiger partial charge in [-0.25, -0.2) is 4.39 Å². The standard InChI is InChI=1S/C6H4FNO3/c7-4-1-3(9)2-5(10)6(4)8-11/h1-2,9-10H. The zero-order chi connectivity index (χ0) is 8.43. The summed E-state index contributed by atoms with van der Waals surface area (Å²) in [6.07, 6.45) is 0. The van der Waals surface area contributed by atoms with Crippen LogP contribution in [0, 0.1) is 10.7 Å². The minimum atomic E-state index is -1.04. The number of nitrogens with zero attached hydrogens (tertiary/aromatic N) is 1. The third kappa shape index (κ3) is 1.26. The van der Waals surface area contributed by atoms with Gasteiger partial charge < -0.3 is 10.2 Å². The number of nitroso groups, excluding NO2 is 1. The minimum Gasteiger partial charge on any atom is -0.508 e. The van der Waals surface area contributed by atoms with Gasteiger partial charge in [0, 0.05) is 12.1 Å². The van der Waals surface area contributed by atoms with Gasteiger partial charge in [0.25, 0.3) is 0 Å². The van der Waals surface area contributed by atoms with Crippen molar-refractivity contribution in [3.8, 4) is 11.5 Å². The summed E-state index contributed by atoms with van der Waals surface area (Å²) in [5, 5.41) is 19.7. The van der Waals surface area contributed by atoms with Crippen molar-refractivity contribution in [3.63, 3.8) is 0 Å². The second kappa shape index (κ2) is 2.53. The monoisotopic (exact) mass is 157 g/mol. The molecule has 0 aliphatic heterocycles. The normalized spacial score (nSPS) is 9.55. The lowest BCUT2D eigenvalue weighted by Crippen LogP contribution is -1.76. The quantitative estimate of drug-likeness (QED) is 0.608. The molecule has 1 rings (SSSR count). The van der Waals surface area contributed by atoms with Crippen molar-refractivity contribution in [2.75, 3.05) is 0 Å². The second-order valence-corrected chi connectivity index (χ2v) is 1.89. The minimum absolute atomic E-state index is 0.451. The van der Waals surface area contributed by atoms with Gasteiger partial charge in [-0.3, -0.25) is 0 Å². The van der Waals surface area contributed by atoms with Gasteiger partial charge in [-0.2, -0.15) is 0 Å². The topological polar surface area (TPSA) is 69.9 Å². The van der Waals surface area contributed by atoms with Crippen LogP contribution < -0.4 is 0 Å². The van der Waals surface area contributed by atoms with E-state index >= 15 is 0 Å². The molecule has 4 nitrogen and oxygen atoms in total.